The largest absolute Gasteiger partial charge is 0.227 e. The summed E-state index contributed by atoms with van der Waals surface area (Å²) in [5.41, 5.74) is -0.136. The maximum atomic E-state index is 5.45. The zero-order chi connectivity index (χ0) is 9.49. The van der Waals surface area contributed by atoms with Crippen LogP contribution in [0.15, 0.2) is 0 Å². The SMILES string of the molecule is CC(C)(CCl)NCl.CP(C)C. The number of hydrogen-bond acceptors (Lipinski definition) is 1. The number of alkyl halides is 1. The van der Waals surface area contributed by atoms with E-state index in [2.05, 4.69) is 24.8 Å². The van der Waals surface area contributed by atoms with Crippen molar-refractivity contribution in [2.45, 2.75) is 19.4 Å². The molecule has 0 spiro atoms. The van der Waals surface area contributed by atoms with Gasteiger partial charge in [-0.3, -0.25) is 0 Å². The first-order chi connectivity index (χ1) is 4.85. The van der Waals surface area contributed by atoms with Gasteiger partial charge in [0.2, 0.25) is 0 Å². The number of halogens is 2. The summed E-state index contributed by atoms with van der Waals surface area (Å²) in [7, 11) is 0.380. The van der Waals surface area contributed by atoms with Gasteiger partial charge in [-0.15, -0.1) is 19.5 Å². The molecule has 1 N–H and O–H groups in total. The molecule has 0 saturated carbocycles. The second-order valence-corrected chi connectivity index (χ2v) is 6.59. The highest BCUT2D eigenvalue weighted by Gasteiger charge is 2.12. The maximum absolute atomic E-state index is 5.45. The van der Waals surface area contributed by atoms with Crippen LogP contribution < -0.4 is 4.84 Å². The average Bonchev–Trinajstić information content (AvgIpc) is 1.87. The Morgan fingerprint density at radius 1 is 1.27 bits per heavy atom. The van der Waals surface area contributed by atoms with Gasteiger partial charge in [0.15, 0.2) is 0 Å². The Morgan fingerprint density at radius 3 is 1.55 bits per heavy atom. The summed E-state index contributed by atoms with van der Waals surface area (Å²) in [6.45, 7) is 10.5. The van der Waals surface area contributed by atoms with Gasteiger partial charge in [0.05, 0.1) is 0 Å². The fourth-order valence-corrected chi connectivity index (χ4v) is 0.227. The van der Waals surface area contributed by atoms with Crippen LogP contribution in [0.3, 0.4) is 0 Å². The smallest absolute Gasteiger partial charge is 0.0413 e. The summed E-state index contributed by atoms with van der Waals surface area (Å²) in [6, 6.07) is 0. The fraction of sp³-hybridized carbons (Fsp3) is 1.00. The lowest BCUT2D eigenvalue weighted by atomic mass is 10.1. The second kappa shape index (κ2) is 7.61. The van der Waals surface area contributed by atoms with Gasteiger partial charge < -0.3 is 0 Å². The average molecular weight is 218 g/mol. The highest BCUT2D eigenvalue weighted by molar-refractivity contribution is 7.55. The van der Waals surface area contributed by atoms with E-state index in [1.807, 2.05) is 13.8 Å². The van der Waals surface area contributed by atoms with Crippen molar-refractivity contribution >= 4 is 31.3 Å². The van der Waals surface area contributed by atoms with E-state index >= 15 is 0 Å². The van der Waals surface area contributed by atoms with E-state index in [0.29, 0.717) is 13.8 Å². The third-order valence-corrected chi connectivity index (χ3v) is 1.77. The molecule has 0 rings (SSSR count). The van der Waals surface area contributed by atoms with E-state index in [0.717, 1.165) is 0 Å². The molecule has 0 unspecified atom stereocenters. The van der Waals surface area contributed by atoms with Crippen LogP contribution >= 0.6 is 31.3 Å². The number of rotatable bonds is 2. The normalized spacial score (nSPS) is 10.9. The highest BCUT2D eigenvalue weighted by atomic mass is 35.5. The third-order valence-electron chi connectivity index (χ3n) is 0.590. The Kier molecular flexibility index (Phi) is 10.0. The van der Waals surface area contributed by atoms with Gasteiger partial charge in [-0.2, -0.15) is 0 Å². The molecular weight excluding hydrogens is 200 g/mol. The summed E-state index contributed by atoms with van der Waals surface area (Å²) in [5, 5.41) is 0. The molecule has 70 valence electrons. The minimum Gasteiger partial charge on any atom is -0.227 e. The van der Waals surface area contributed by atoms with Crippen LogP contribution in [0.1, 0.15) is 13.8 Å². The first kappa shape index (κ1) is 14.5. The predicted octanol–water partition coefficient (Wildman–Crippen LogP) is 3.10. The van der Waals surface area contributed by atoms with Crippen molar-refractivity contribution in [2.24, 2.45) is 0 Å². The van der Waals surface area contributed by atoms with Crippen molar-refractivity contribution in [1.82, 2.24) is 4.84 Å². The lowest BCUT2D eigenvalue weighted by Crippen LogP contribution is -2.34. The molecule has 0 saturated heterocycles. The molecule has 0 bridgehead atoms. The van der Waals surface area contributed by atoms with Crippen LogP contribution in [0, 0.1) is 0 Å². The van der Waals surface area contributed by atoms with Crippen molar-refractivity contribution < 1.29 is 0 Å². The zero-order valence-electron chi connectivity index (χ0n) is 7.91. The summed E-state index contributed by atoms with van der Waals surface area (Å²) >= 11 is 10.7. The Balaban J connectivity index is 0. The first-order valence-electron chi connectivity index (χ1n) is 3.40. The van der Waals surface area contributed by atoms with Crippen LogP contribution in [-0.4, -0.2) is 31.4 Å². The number of hydrogen-bond donors (Lipinski definition) is 1. The molecule has 11 heavy (non-hydrogen) atoms. The van der Waals surface area contributed by atoms with E-state index in [1.165, 1.54) is 0 Å². The van der Waals surface area contributed by atoms with E-state index in [1.54, 1.807) is 0 Å². The van der Waals surface area contributed by atoms with Gasteiger partial charge in [0.25, 0.3) is 0 Å². The van der Waals surface area contributed by atoms with Crippen molar-refractivity contribution in [3.05, 3.63) is 0 Å². The van der Waals surface area contributed by atoms with Crippen LogP contribution in [-0.2, 0) is 0 Å². The molecule has 0 aliphatic heterocycles. The maximum Gasteiger partial charge on any atom is 0.0413 e. The van der Waals surface area contributed by atoms with Gasteiger partial charge in [-0.25, -0.2) is 4.84 Å². The zero-order valence-corrected chi connectivity index (χ0v) is 10.3. The Bertz CT molecular complexity index is 77.8. The molecule has 1 nitrogen and oxygen atoms in total. The quantitative estimate of drug-likeness (QED) is 0.426. The Morgan fingerprint density at radius 2 is 1.55 bits per heavy atom. The standard InChI is InChI=1S/C4H9Cl2N.C3H9P/c1-4(2,3-5)7-6;1-4(2)3/h7H,3H2,1-2H3;1-3H3. The molecule has 4 heteroatoms. The minimum atomic E-state index is -0.136. The van der Waals surface area contributed by atoms with Crippen LogP contribution in [0.25, 0.3) is 0 Å². The van der Waals surface area contributed by atoms with Crippen molar-refractivity contribution in [3.63, 3.8) is 0 Å². The van der Waals surface area contributed by atoms with Crippen molar-refractivity contribution in [1.29, 1.82) is 0 Å². The lowest BCUT2D eigenvalue weighted by Gasteiger charge is -2.16. The first-order valence-corrected chi connectivity index (χ1v) is 7.00. The van der Waals surface area contributed by atoms with Gasteiger partial charge >= 0.3 is 0 Å². The van der Waals surface area contributed by atoms with Crippen LogP contribution in [0.2, 0.25) is 0 Å². The predicted molar refractivity (Wildman–Crippen MR) is 58.5 cm³/mol. The third kappa shape index (κ3) is 18.2. The number of nitrogens with one attached hydrogen (secondary N) is 1. The minimum absolute atomic E-state index is 0.136. The highest BCUT2D eigenvalue weighted by Crippen LogP contribution is 2.14. The Labute approximate surface area is 81.7 Å². The molecule has 0 amide bonds. The molecule has 0 atom stereocenters. The molecular formula is C7H18Cl2NP. The Hall–Kier alpha value is 0.970. The molecule has 0 fully saturated rings. The molecule has 0 aliphatic carbocycles. The molecule has 0 aromatic carbocycles. The topological polar surface area (TPSA) is 12.0 Å². The monoisotopic (exact) mass is 217 g/mol. The fourth-order valence-electron chi connectivity index (χ4n) is 0.0253. The van der Waals surface area contributed by atoms with E-state index in [-0.39, 0.29) is 5.54 Å². The van der Waals surface area contributed by atoms with Crippen molar-refractivity contribution in [3.8, 4) is 0 Å². The molecule has 0 aliphatic rings. The molecule has 0 heterocycles. The van der Waals surface area contributed by atoms with E-state index in [9.17, 15) is 0 Å². The van der Waals surface area contributed by atoms with E-state index in [4.69, 9.17) is 23.4 Å². The summed E-state index contributed by atoms with van der Waals surface area (Å²) in [5.74, 6) is 0.524. The van der Waals surface area contributed by atoms with Gasteiger partial charge in [0.1, 0.15) is 0 Å². The molecule has 0 aromatic rings. The molecule has 0 radical (unpaired) electrons. The summed E-state index contributed by atoms with van der Waals surface area (Å²) in [6.07, 6.45) is 0. The van der Waals surface area contributed by atoms with Crippen molar-refractivity contribution in [2.75, 3.05) is 25.9 Å². The summed E-state index contributed by atoms with van der Waals surface area (Å²) < 4.78 is 0. The van der Waals surface area contributed by atoms with E-state index < -0.39 is 0 Å². The van der Waals surface area contributed by atoms with Gasteiger partial charge in [-0.1, -0.05) is 0 Å². The summed E-state index contributed by atoms with van der Waals surface area (Å²) in [4.78, 5) is 2.53. The van der Waals surface area contributed by atoms with Gasteiger partial charge in [-0.05, 0) is 45.6 Å². The van der Waals surface area contributed by atoms with Crippen LogP contribution in [0.4, 0.5) is 0 Å². The van der Waals surface area contributed by atoms with Crippen LogP contribution in [0.5, 0.6) is 0 Å². The second-order valence-electron chi connectivity index (χ2n) is 3.45. The lowest BCUT2D eigenvalue weighted by molar-refractivity contribution is 0.535. The van der Waals surface area contributed by atoms with Gasteiger partial charge in [0, 0.05) is 11.4 Å². The molecule has 0 aromatic heterocycles.